The van der Waals surface area contributed by atoms with Gasteiger partial charge < -0.3 is 15.0 Å². The first-order valence-corrected chi connectivity index (χ1v) is 9.39. The number of hydrogen-bond donors (Lipinski definition) is 1. The molecular formula is C18H18NO6S-. The molecule has 0 saturated carbocycles. The Morgan fingerprint density at radius 3 is 2.23 bits per heavy atom. The number of unbranched alkanes of at least 4 members (excludes halogenated alkanes) is 1. The molecule has 0 bridgehead atoms. The first-order chi connectivity index (χ1) is 12.3. The molecule has 0 heterocycles. The van der Waals surface area contributed by atoms with Crippen LogP contribution >= 0.6 is 0 Å². The highest BCUT2D eigenvalue weighted by atomic mass is 32.2. The molecule has 0 radical (unpaired) electrons. The van der Waals surface area contributed by atoms with Crippen LogP contribution in [0.2, 0.25) is 0 Å². The summed E-state index contributed by atoms with van der Waals surface area (Å²) in [4.78, 5) is 22.0. The first-order valence-electron chi connectivity index (χ1n) is 7.95. The standard InChI is InChI=1S/C18H19NO6S/c1-2-3-12-19(14-10-8-13(9-11-14)17(20)21)26(24,25)16-7-5-4-6-15(16)18(22)23/h4-11H,2-3,12H2,1H3,(H,20,21)(H,22,23)/p-1. The van der Waals surface area contributed by atoms with Gasteiger partial charge in [-0.25, -0.2) is 13.2 Å². The Morgan fingerprint density at radius 1 is 1.08 bits per heavy atom. The van der Waals surface area contributed by atoms with Crippen LogP contribution in [0.3, 0.4) is 0 Å². The highest BCUT2D eigenvalue weighted by Crippen LogP contribution is 2.27. The summed E-state index contributed by atoms with van der Waals surface area (Å²) in [7, 11) is -4.15. The van der Waals surface area contributed by atoms with Gasteiger partial charge >= 0.3 is 5.97 Å². The summed E-state index contributed by atoms with van der Waals surface area (Å²) in [5.74, 6) is -2.71. The molecule has 0 aliphatic rings. The molecule has 1 N–H and O–H groups in total. The highest BCUT2D eigenvalue weighted by molar-refractivity contribution is 7.93. The lowest BCUT2D eigenvalue weighted by Crippen LogP contribution is -2.33. The van der Waals surface area contributed by atoms with E-state index in [0.29, 0.717) is 6.42 Å². The van der Waals surface area contributed by atoms with Crippen molar-refractivity contribution >= 4 is 27.6 Å². The molecule has 0 aliphatic carbocycles. The van der Waals surface area contributed by atoms with Crippen LogP contribution in [0.5, 0.6) is 0 Å². The van der Waals surface area contributed by atoms with Gasteiger partial charge in [-0.3, -0.25) is 4.31 Å². The first kappa shape index (κ1) is 19.5. The Balaban J connectivity index is 2.55. The number of carboxylic acids is 2. The fourth-order valence-electron chi connectivity index (χ4n) is 2.44. The van der Waals surface area contributed by atoms with Gasteiger partial charge in [0.25, 0.3) is 10.0 Å². The monoisotopic (exact) mass is 376 g/mol. The second-order valence-electron chi connectivity index (χ2n) is 5.57. The molecular weight excluding hydrogens is 358 g/mol. The largest absolute Gasteiger partial charge is 0.545 e. The van der Waals surface area contributed by atoms with Gasteiger partial charge in [-0.05, 0) is 36.2 Å². The Morgan fingerprint density at radius 2 is 1.69 bits per heavy atom. The van der Waals surface area contributed by atoms with E-state index >= 15 is 0 Å². The van der Waals surface area contributed by atoms with Gasteiger partial charge in [0.1, 0.15) is 4.90 Å². The smallest absolute Gasteiger partial charge is 0.337 e. The second-order valence-corrected chi connectivity index (χ2v) is 7.40. The minimum absolute atomic E-state index is 0.0764. The number of anilines is 1. The molecule has 0 atom stereocenters. The van der Waals surface area contributed by atoms with E-state index in [2.05, 4.69) is 0 Å². The van der Waals surface area contributed by atoms with Gasteiger partial charge in [0.05, 0.1) is 17.2 Å². The number of carboxylic acid groups (broad SMARTS) is 2. The number of sulfonamides is 1. The van der Waals surface area contributed by atoms with E-state index in [9.17, 15) is 28.2 Å². The summed E-state index contributed by atoms with van der Waals surface area (Å²) < 4.78 is 27.3. The Bertz CT molecular complexity index is 906. The molecule has 0 unspecified atom stereocenters. The molecule has 8 heteroatoms. The molecule has 2 aromatic rings. The van der Waals surface area contributed by atoms with E-state index in [1.165, 1.54) is 48.5 Å². The number of nitrogens with zero attached hydrogens (tertiary/aromatic N) is 1. The van der Waals surface area contributed by atoms with Crippen LogP contribution < -0.4 is 9.41 Å². The Hall–Kier alpha value is -2.87. The zero-order chi connectivity index (χ0) is 19.3. The van der Waals surface area contributed by atoms with Gasteiger partial charge in [-0.15, -0.1) is 0 Å². The van der Waals surface area contributed by atoms with Gasteiger partial charge in [-0.2, -0.15) is 0 Å². The summed E-state index contributed by atoms with van der Waals surface area (Å²) in [6.07, 6.45) is 1.28. The van der Waals surface area contributed by atoms with E-state index in [4.69, 9.17) is 0 Å². The Kier molecular flexibility index (Phi) is 5.99. The van der Waals surface area contributed by atoms with Crippen molar-refractivity contribution in [2.45, 2.75) is 24.7 Å². The van der Waals surface area contributed by atoms with Crippen LogP contribution in [0.15, 0.2) is 53.4 Å². The maximum atomic E-state index is 13.1. The predicted octanol–water partition coefficient (Wildman–Crippen LogP) is 1.74. The third kappa shape index (κ3) is 4.02. The van der Waals surface area contributed by atoms with Crippen molar-refractivity contribution < 1.29 is 28.2 Å². The van der Waals surface area contributed by atoms with Crippen LogP contribution in [0, 0.1) is 0 Å². The van der Waals surface area contributed by atoms with E-state index in [0.717, 1.165) is 10.7 Å². The van der Waals surface area contributed by atoms with Crippen molar-refractivity contribution in [3.8, 4) is 0 Å². The average molecular weight is 376 g/mol. The maximum absolute atomic E-state index is 13.1. The van der Waals surface area contributed by atoms with E-state index in [1.807, 2.05) is 6.92 Å². The topological polar surface area (TPSA) is 115 Å². The summed E-state index contributed by atoms with van der Waals surface area (Å²) in [6, 6.07) is 10.6. The number of carbonyl (C=O) groups excluding carboxylic acids is 1. The third-order valence-corrected chi connectivity index (χ3v) is 5.68. The SMILES string of the molecule is CCCCN(c1ccc(C(=O)[O-])cc1)S(=O)(=O)c1ccccc1C(=O)O. The minimum Gasteiger partial charge on any atom is -0.545 e. The predicted molar refractivity (Wildman–Crippen MR) is 93.6 cm³/mol. The van der Waals surface area contributed by atoms with Gasteiger partial charge in [0, 0.05) is 6.54 Å². The second kappa shape index (κ2) is 8.01. The lowest BCUT2D eigenvalue weighted by molar-refractivity contribution is -0.255. The van der Waals surface area contributed by atoms with Crippen LogP contribution in [-0.2, 0) is 10.0 Å². The van der Waals surface area contributed by atoms with E-state index in [1.54, 1.807) is 0 Å². The van der Waals surface area contributed by atoms with Crippen molar-refractivity contribution in [3.05, 3.63) is 59.7 Å². The van der Waals surface area contributed by atoms with Gasteiger partial charge in [0.15, 0.2) is 0 Å². The van der Waals surface area contributed by atoms with Crippen molar-refractivity contribution in [2.24, 2.45) is 0 Å². The number of aromatic carboxylic acids is 2. The normalized spacial score (nSPS) is 11.1. The summed E-state index contributed by atoms with van der Waals surface area (Å²) >= 11 is 0. The van der Waals surface area contributed by atoms with Crippen LogP contribution in [0.25, 0.3) is 0 Å². The quantitative estimate of drug-likeness (QED) is 0.750. The van der Waals surface area contributed by atoms with Gasteiger partial charge in [0.2, 0.25) is 0 Å². The van der Waals surface area contributed by atoms with E-state index in [-0.39, 0.29) is 28.3 Å². The molecule has 0 amide bonds. The van der Waals surface area contributed by atoms with Crippen LogP contribution in [0.4, 0.5) is 5.69 Å². The molecule has 0 fully saturated rings. The summed E-state index contributed by atoms with van der Waals surface area (Å²) in [5.41, 5.74) is -0.142. The van der Waals surface area contributed by atoms with Crippen molar-refractivity contribution in [1.29, 1.82) is 0 Å². The molecule has 0 aliphatic heterocycles. The summed E-state index contributed by atoms with van der Waals surface area (Å²) in [5, 5.41) is 20.2. The van der Waals surface area contributed by atoms with E-state index < -0.39 is 22.0 Å². The maximum Gasteiger partial charge on any atom is 0.337 e. The molecule has 0 spiro atoms. The number of rotatable bonds is 8. The molecule has 26 heavy (non-hydrogen) atoms. The number of benzene rings is 2. The highest BCUT2D eigenvalue weighted by Gasteiger charge is 2.28. The third-order valence-electron chi connectivity index (χ3n) is 3.79. The summed E-state index contributed by atoms with van der Waals surface area (Å²) in [6.45, 7) is 2.03. The van der Waals surface area contributed by atoms with Gasteiger partial charge in [-0.1, -0.05) is 37.6 Å². The van der Waals surface area contributed by atoms with Crippen LogP contribution in [0.1, 0.15) is 40.5 Å². The molecule has 2 aromatic carbocycles. The molecule has 138 valence electrons. The fourth-order valence-corrected chi connectivity index (χ4v) is 4.13. The molecule has 7 nitrogen and oxygen atoms in total. The number of hydrogen-bond acceptors (Lipinski definition) is 5. The molecule has 2 rings (SSSR count). The minimum atomic E-state index is -4.15. The Labute approximate surface area is 151 Å². The lowest BCUT2D eigenvalue weighted by atomic mass is 10.2. The average Bonchev–Trinajstić information content (AvgIpc) is 2.62. The van der Waals surface area contributed by atoms with Crippen LogP contribution in [-0.4, -0.2) is 32.0 Å². The van der Waals surface area contributed by atoms with Crippen molar-refractivity contribution in [1.82, 2.24) is 0 Å². The van der Waals surface area contributed by atoms with Crippen molar-refractivity contribution in [2.75, 3.05) is 10.8 Å². The number of carbonyl (C=O) groups is 2. The zero-order valence-corrected chi connectivity index (χ0v) is 14.9. The molecule has 0 aromatic heterocycles. The zero-order valence-electron chi connectivity index (χ0n) is 14.1. The van der Waals surface area contributed by atoms with Crippen molar-refractivity contribution in [3.63, 3.8) is 0 Å². The fraction of sp³-hybridized carbons (Fsp3) is 0.222. The molecule has 0 saturated heterocycles. The lowest BCUT2D eigenvalue weighted by Gasteiger charge is -2.25.